The summed E-state index contributed by atoms with van der Waals surface area (Å²) in [6, 6.07) is 22.3. The highest BCUT2D eigenvalue weighted by molar-refractivity contribution is 5.95. The van der Waals surface area contributed by atoms with Gasteiger partial charge in [-0.1, -0.05) is 48.5 Å². The lowest BCUT2D eigenvalue weighted by atomic mass is 10.1. The van der Waals surface area contributed by atoms with Gasteiger partial charge in [-0.05, 0) is 35.4 Å². The molecular weight excluding hydrogens is 352 g/mol. The molecule has 0 heterocycles. The second-order valence-corrected chi connectivity index (χ2v) is 6.28. The number of nitrogens with two attached hydrogens (primary N) is 2. The summed E-state index contributed by atoms with van der Waals surface area (Å²) in [6.07, 6.45) is 0. The molecule has 0 saturated carbocycles. The zero-order valence-electron chi connectivity index (χ0n) is 15.3. The maximum atomic E-state index is 7.48. The van der Waals surface area contributed by atoms with Crippen LogP contribution in [-0.4, -0.2) is 11.7 Å². The standard InChI is InChI=1S/C22H22N4O2/c23-21(24)17-3-1-5-19(11-17)27-13-15-7-9-16(10-8-15)14-28-20-6-2-4-18(12-20)22(25)26/h1-12H,13-14H2,(H3,23,24)(H3,25,26). The maximum absolute atomic E-state index is 7.48. The van der Waals surface area contributed by atoms with Crippen molar-refractivity contribution < 1.29 is 9.47 Å². The number of hydrogen-bond donors (Lipinski definition) is 4. The molecule has 0 unspecified atom stereocenters. The van der Waals surface area contributed by atoms with Crippen LogP contribution in [-0.2, 0) is 13.2 Å². The number of rotatable bonds is 8. The molecule has 0 aromatic heterocycles. The monoisotopic (exact) mass is 374 g/mol. The number of nitrogen functional groups attached to an aromatic ring is 2. The fraction of sp³-hybridized carbons (Fsp3) is 0.0909. The molecule has 6 heteroatoms. The molecule has 0 spiro atoms. The Hall–Kier alpha value is -3.80. The first-order chi connectivity index (χ1) is 13.5. The van der Waals surface area contributed by atoms with Gasteiger partial charge in [-0.2, -0.15) is 0 Å². The zero-order chi connectivity index (χ0) is 19.9. The average Bonchev–Trinajstić information content (AvgIpc) is 2.72. The van der Waals surface area contributed by atoms with Crippen LogP contribution >= 0.6 is 0 Å². The van der Waals surface area contributed by atoms with Crippen molar-refractivity contribution in [2.75, 3.05) is 0 Å². The van der Waals surface area contributed by atoms with E-state index in [0.29, 0.717) is 35.8 Å². The predicted molar refractivity (Wildman–Crippen MR) is 110 cm³/mol. The first-order valence-corrected chi connectivity index (χ1v) is 8.73. The molecule has 142 valence electrons. The summed E-state index contributed by atoms with van der Waals surface area (Å²) in [4.78, 5) is 0. The molecule has 0 aliphatic carbocycles. The van der Waals surface area contributed by atoms with Gasteiger partial charge >= 0.3 is 0 Å². The molecule has 0 bridgehead atoms. The molecule has 3 aromatic rings. The molecule has 6 nitrogen and oxygen atoms in total. The van der Waals surface area contributed by atoms with E-state index in [4.69, 9.17) is 31.8 Å². The SMILES string of the molecule is N=C(N)c1cccc(OCc2ccc(COc3cccc(C(=N)N)c3)cc2)c1. The topological polar surface area (TPSA) is 118 Å². The zero-order valence-corrected chi connectivity index (χ0v) is 15.3. The largest absolute Gasteiger partial charge is 0.489 e. The Morgan fingerprint density at radius 2 is 1.04 bits per heavy atom. The Kier molecular flexibility index (Phi) is 5.91. The van der Waals surface area contributed by atoms with E-state index < -0.39 is 0 Å². The molecule has 3 rings (SSSR count). The van der Waals surface area contributed by atoms with E-state index in [0.717, 1.165) is 11.1 Å². The second kappa shape index (κ2) is 8.73. The molecular formula is C22H22N4O2. The molecule has 0 saturated heterocycles. The molecule has 0 amide bonds. The predicted octanol–water partition coefficient (Wildman–Crippen LogP) is 3.41. The van der Waals surface area contributed by atoms with Crippen molar-refractivity contribution in [2.24, 2.45) is 11.5 Å². The first-order valence-electron chi connectivity index (χ1n) is 8.73. The number of benzene rings is 3. The van der Waals surface area contributed by atoms with Crippen LogP contribution in [0.3, 0.4) is 0 Å². The van der Waals surface area contributed by atoms with E-state index in [9.17, 15) is 0 Å². The Morgan fingerprint density at radius 1 is 0.643 bits per heavy atom. The van der Waals surface area contributed by atoms with Gasteiger partial charge in [-0.25, -0.2) is 0 Å². The van der Waals surface area contributed by atoms with Gasteiger partial charge in [0.1, 0.15) is 36.4 Å². The summed E-state index contributed by atoms with van der Waals surface area (Å²) < 4.78 is 11.5. The van der Waals surface area contributed by atoms with Crippen molar-refractivity contribution in [2.45, 2.75) is 13.2 Å². The van der Waals surface area contributed by atoms with Crippen LogP contribution in [0.5, 0.6) is 11.5 Å². The van der Waals surface area contributed by atoms with Gasteiger partial charge in [0.2, 0.25) is 0 Å². The fourth-order valence-electron chi connectivity index (χ4n) is 2.57. The maximum Gasteiger partial charge on any atom is 0.122 e. The number of nitrogens with one attached hydrogen (secondary N) is 2. The summed E-state index contributed by atoms with van der Waals surface area (Å²) in [5.41, 5.74) is 14.3. The van der Waals surface area contributed by atoms with Crippen LogP contribution in [0.25, 0.3) is 0 Å². The Labute approximate surface area is 163 Å². The third-order valence-corrected chi connectivity index (χ3v) is 4.12. The van der Waals surface area contributed by atoms with E-state index in [2.05, 4.69) is 0 Å². The molecule has 0 radical (unpaired) electrons. The summed E-state index contributed by atoms with van der Waals surface area (Å²) in [6.45, 7) is 0.840. The Balaban J connectivity index is 1.55. The summed E-state index contributed by atoms with van der Waals surface area (Å²) in [5.74, 6) is 1.38. The van der Waals surface area contributed by atoms with E-state index in [-0.39, 0.29) is 11.7 Å². The van der Waals surface area contributed by atoms with Crippen molar-refractivity contribution in [3.05, 3.63) is 95.1 Å². The molecule has 3 aromatic carbocycles. The van der Waals surface area contributed by atoms with Crippen LogP contribution in [0.2, 0.25) is 0 Å². The highest BCUT2D eigenvalue weighted by atomic mass is 16.5. The van der Waals surface area contributed by atoms with Gasteiger partial charge in [-0.3, -0.25) is 10.8 Å². The smallest absolute Gasteiger partial charge is 0.122 e. The molecule has 0 aliphatic heterocycles. The van der Waals surface area contributed by atoms with Gasteiger partial charge in [0, 0.05) is 11.1 Å². The number of hydrogen-bond acceptors (Lipinski definition) is 4. The second-order valence-electron chi connectivity index (χ2n) is 6.28. The number of amidine groups is 2. The van der Waals surface area contributed by atoms with Crippen LogP contribution in [0.15, 0.2) is 72.8 Å². The lowest BCUT2D eigenvalue weighted by Gasteiger charge is -2.10. The quantitative estimate of drug-likeness (QED) is 0.357. The highest BCUT2D eigenvalue weighted by Gasteiger charge is 2.03. The van der Waals surface area contributed by atoms with E-state index in [1.807, 2.05) is 48.5 Å². The molecule has 0 fully saturated rings. The van der Waals surface area contributed by atoms with Gasteiger partial charge in [0.25, 0.3) is 0 Å². The van der Waals surface area contributed by atoms with Gasteiger partial charge in [0.05, 0.1) is 0 Å². The van der Waals surface area contributed by atoms with E-state index in [1.54, 1.807) is 24.3 Å². The molecule has 6 N–H and O–H groups in total. The minimum absolute atomic E-state index is 0.0173. The third kappa shape index (κ3) is 5.11. The Bertz CT molecular complexity index is 903. The van der Waals surface area contributed by atoms with E-state index >= 15 is 0 Å². The molecule has 0 aliphatic rings. The Morgan fingerprint density at radius 3 is 1.39 bits per heavy atom. The van der Waals surface area contributed by atoms with Crippen LogP contribution < -0.4 is 20.9 Å². The van der Waals surface area contributed by atoms with Gasteiger partial charge in [-0.15, -0.1) is 0 Å². The highest BCUT2D eigenvalue weighted by Crippen LogP contribution is 2.17. The third-order valence-electron chi connectivity index (χ3n) is 4.12. The number of ether oxygens (including phenoxy) is 2. The van der Waals surface area contributed by atoms with Crippen LogP contribution in [0.1, 0.15) is 22.3 Å². The van der Waals surface area contributed by atoms with Crippen molar-refractivity contribution >= 4 is 11.7 Å². The van der Waals surface area contributed by atoms with Crippen molar-refractivity contribution in [3.8, 4) is 11.5 Å². The van der Waals surface area contributed by atoms with Gasteiger partial charge < -0.3 is 20.9 Å². The van der Waals surface area contributed by atoms with Crippen LogP contribution in [0.4, 0.5) is 0 Å². The van der Waals surface area contributed by atoms with Crippen molar-refractivity contribution in [3.63, 3.8) is 0 Å². The van der Waals surface area contributed by atoms with E-state index in [1.165, 1.54) is 0 Å². The van der Waals surface area contributed by atoms with Crippen LogP contribution in [0, 0.1) is 10.8 Å². The lowest BCUT2D eigenvalue weighted by Crippen LogP contribution is -2.11. The summed E-state index contributed by atoms with van der Waals surface area (Å²) in [7, 11) is 0. The van der Waals surface area contributed by atoms with Crippen molar-refractivity contribution in [1.82, 2.24) is 0 Å². The summed E-state index contributed by atoms with van der Waals surface area (Å²) >= 11 is 0. The van der Waals surface area contributed by atoms with Crippen molar-refractivity contribution in [1.29, 1.82) is 10.8 Å². The van der Waals surface area contributed by atoms with Gasteiger partial charge in [0.15, 0.2) is 0 Å². The minimum Gasteiger partial charge on any atom is -0.489 e. The first kappa shape index (κ1) is 19.0. The normalized spacial score (nSPS) is 10.3. The molecule has 28 heavy (non-hydrogen) atoms. The minimum atomic E-state index is 0.0173. The fourth-order valence-corrected chi connectivity index (χ4v) is 2.57. The summed E-state index contributed by atoms with van der Waals surface area (Å²) in [5, 5.41) is 15.0. The average molecular weight is 374 g/mol. The lowest BCUT2D eigenvalue weighted by molar-refractivity contribution is 0.302. The molecule has 0 atom stereocenters.